The van der Waals surface area contributed by atoms with Gasteiger partial charge in [-0.1, -0.05) is 6.07 Å². The molecule has 4 nitrogen and oxygen atoms in total. The Bertz CT molecular complexity index is 838. The Balaban J connectivity index is 1.59. The van der Waals surface area contributed by atoms with E-state index < -0.39 is 0 Å². The third-order valence-corrected chi connectivity index (χ3v) is 5.15. The van der Waals surface area contributed by atoms with Crippen molar-refractivity contribution in [3.63, 3.8) is 0 Å². The number of aromatic nitrogens is 3. The van der Waals surface area contributed by atoms with Crippen molar-refractivity contribution in [1.82, 2.24) is 19.9 Å². The van der Waals surface area contributed by atoms with Crippen molar-refractivity contribution in [3.8, 4) is 11.4 Å². The van der Waals surface area contributed by atoms with Crippen molar-refractivity contribution in [1.29, 1.82) is 0 Å². The van der Waals surface area contributed by atoms with Gasteiger partial charge in [0.25, 0.3) is 0 Å². The molecule has 2 aromatic heterocycles. The molecule has 0 radical (unpaired) electrons. The number of fused-ring (bicyclic) bond motifs is 3. The van der Waals surface area contributed by atoms with Gasteiger partial charge in [0.2, 0.25) is 0 Å². The molecule has 3 aromatic rings. The number of nitrogens with zero attached hydrogens (tertiary/aromatic N) is 3. The Morgan fingerprint density at radius 1 is 1.09 bits per heavy atom. The van der Waals surface area contributed by atoms with Gasteiger partial charge in [0, 0.05) is 41.6 Å². The topological polar surface area (TPSA) is 42.7 Å². The van der Waals surface area contributed by atoms with Crippen molar-refractivity contribution in [2.45, 2.75) is 37.4 Å². The van der Waals surface area contributed by atoms with Crippen molar-refractivity contribution in [2.24, 2.45) is 0 Å². The zero-order valence-electron chi connectivity index (χ0n) is 12.3. The fourth-order valence-corrected chi connectivity index (χ4v) is 4.12. The van der Waals surface area contributed by atoms with Crippen LogP contribution < -0.4 is 5.32 Å². The second kappa shape index (κ2) is 4.65. The van der Waals surface area contributed by atoms with E-state index in [1.165, 1.54) is 30.2 Å². The van der Waals surface area contributed by atoms with Gasteiger partial charge in [-0.3, -0.25) is 4.98 Å². The van der Waals surface area contributed by atoms with Crippen LogP contribution in [0.5, 0.6) is 0 Å². The second-order valence-corrected chi connectivity index (χ2v) is 6.42. The predicted octanol–water partition coefficient (Wildman–Crippen LogP) is 3.16. The van der Waals surface area contributed by atoms with Gasteiger partial charge in [-0.2, -0.15) is 0 Å². The van der Waals surface area contributed by atoms with Gasteiger partial charge in [0.1, 0.15) is 5.82 Å². The van der Waals surface area contributed by atoms with E-state index in [1.807, 2.05) is 18.5 Å². The summed E-state index contributed by atoms with van der Waals surface area (Å²) >= 11 is 0. The van der Waals surface area contributed by atoms with Crippen LogP contribution in [0, 0.1) is 0 Å². The number of hydrogen-bond donors (Lipinski definition) is 1. The van der Waals surface area contributed by atoms with E-state index in [0.29, 0.717) is 18.1 Å². The monoisotopic (exact) mass is 290 g/mol. The van der Waals surface area contributed by atoms with Crippen LogP contribution in [0.15, 0.2) is 48.9 Å². The van der Waals surface area contributed by atoms with Crippen molar-refractivity contribution < 1.29 is 0 Å². The van der Waals surface area contributed by atoms with Gasteiger partial charge in [-0.25, -0.2) is 4.98 Å². The van der Waals surface area contributed by atoms with Gasteiger partial charge in [-0.15, -0.1) is 0 Å². The molecular weight excluding hydrogens is 272 g/mol. The quantitative estimate of drug-likeness (QED) is 0.788. The molecule has 2 aliphatic rings. The second-order valence-electron chi connectivity index (χ2n) is 6.42. The summed E-state index contributed by atoms with van der Waals surface area (Å²) in [4.78, 5) is 9.03. The first-order valence-corrected chi connectivity index (χ1v) is 8.02. The third-order valence-electron chi connectivity index (χ3n) is 5.15. The number of pyridine rings is 1. The maximum Gasteiger partial charge on any atom is 0.140 e. The lowest BCUT2D eigenvalue weighted by Crippen LogP contribution is -2.25. The van der Waals surface area contributed by atoms with Crippen LogP contribution >= 0.6 is 0 Å². The molecule has 0 aliphatic carbocycles. The lowest BCUT2D eigenvalue weighted by molar-refractivity contribution is 0.400. The fraction of sp³-hybridized carbons (Fsp3) is 0.333. The van der Waals surface area contributed by atoms with Crippen LogP contribution in [-0.4, -0.2) is 26.6 Å². The summed E-state index contributed by atoms with van der Waals surface area (Å²) in [5.74, 6) is 1.07. The number of rotatable bonds is 2. The van der Waals surface area contributed by atoms with Crippen LogP contribution in [0.2, 0.25) is 0 Å². The minimum Gasteiger partial charge on any atom is -0.326 e. The molecule has 0 spiro atoms. The molecule has 2 bridgehead atoms. The van der Waals surface area contributed by atoms with E-state index >= 15 is 0 Å². The van der Waals surface area contributed by atoms with Gasteiger partial charge < -0.3 is 9.88 Å². The normalized spacial score (nSPS) is 26.8. The molecule has 22 heavy (non-hydrogen) atoms. The maximum atomic E-state index is 4.64. The molecule has 0 amide bonds. The number of benzene rings is 1. The Hall–Kier alpha value is -2.20. The van der Waals surface area contributed by atoms with Crippen LogP contribution in [-0.2, 0) is 0 Å². The first kappa shape index (κ1) is 12.4. The summed E-state index contributed by atoms with van der Waals surface area (Å²) in [6, 6.07) is 12.4. The molecule has 5 rings (SSSR count). The average Bonchev–Trinajstić information content (AvgIpc) is 3.30. The molecule has 2 fully saturated rings. The van der Waals surface area contributed by atoms with Crippen LogP contribution in [0.25, 0.3) is 22.3 Å². The molecule has 110 valence electrons. The summed E-state index contributed by atoms with van der Waals surface area (Å²) in [7, 11) is 0. The van der Waals surface area contributed by atoms with Crippen molar-refractivity contribution in [3.05, 3.63) is 48.9 Å². The SMILES string of the molecule is c1cnc2ccc(-c3nccn3[C@H]3C[C@H]4CC[C@@H]3N4)cc2c1. The standard InChI is InChI=1S/C18H18N4/c1-2-12-10-13(3-5-15(12)19-7-1)18-20-8-9-22(18)17-11-14-4-6-16(17)21-14/h1-3,5,7-10,14,16-17,21H,4,6,11H2/t14-,16+,17+/m1/s1. The Kier molecular flexibility index (Phi) is 2.61. The molecule has 2 aliphatic heterocycles. The summed E-state index contributed by atoms with van der Waals surface area (Å²) < 4.78 is 2.37. The highest BCUT2D eigenvalue weighted by atomic mass is 15.2. The summed E-state index contributed by atoms with van der Waals surface area (Å²) in [5.41, 5.74) is 2.21. The third kappa shape index (κ3) is 1.80. The summed E-state index contributed by atoms with van der Waals surface area (Å²) in [6.45, 7) is 0. The highest BCUT2D eigenvalue weighted by Crippen LogP contribution is 2.38. The van der Waals surface area contributed by atoms with Crippen LogP contribution in [0.4, 0.5) is 0 Å². The zero-order chi connectivity index (χ0) is 14.5. The molecule has 0 unspecified atom stereocenters. The molecule has 4 heterocycles. The Labute approximate surface area is 129 Å². The van der Waals surface area contributed by atoms with E-state index in [-0.39, 0.29) is 0 Å². The Morgan fingerprint density at radius 2 is 2.09 bits per heavy atom. The van der Waals surface area contributed by atoms with Gasteiger partial charge in [0.15, 0.2) is 0 Å². The average molecular weight is 290 g/mol. The fourth-order valence-electron chi connectivity index (χ4n) is 4.12. The van der Waals surface area contributed by atoms with E-state index in [1.54, 1.807) is 0 Å². The van der Waals surface area contributed by atoms with Crippen LogP contribution in [0.1, 0.15) is 25.3 Å². The summed E-state index contributed by atoms with van der Waals surface area (Å²) in [5, 5.41) is 4.88. The largest absolute Gasteiger partial charge is 0.326 e. The first-order chi connectivity index (χ1) is 10.9. The minimum atomic E-state index is 0.542. The van der Waals surface area contributed by atoms with Crippen molar-refractivity contribution in [2.75, 3.05) is 0 Å². The highest BCUT2D eigenvalue weighted by Gasteiger charge is 2.40. The molecule has 1 aromatic carbocycles. The smallest absolute Gasteiger partial charge is 0.140 e. The highest BCUT2D eigenvalue weighted by molar-refractivity contribution is 5.83. The Morgan fingerprint density at radius 3 is 2.95 bits per heavy atom. The molecular formula is C18H18N4. The predicted molar refractivity (Wildman–Crippen MR) is 86.6 cm³/mol. The summed E-state index contributed by atoms with van der Waals surface area (Å²) in [6.07, 6.45) is 9.74. The van der Waals surface area contributed by atoms with E-state index in [2.05, 4.69) is 50.3 Å². The molecule has 0 saturated carbocycles. The van der Waals surface area contributed by atoms with E-state index in [9.17, 15) is 0 Å². The van der Waals surface area contributed by atoms with E-state index in [0.717, 1.165) is 11.3 Å². The zero-order valence-corrected chi connectivity index (χ0v) is 12.3. The van der Waals surface area contributed by atoms with Crippen LogP contribution in [0.3, 0.4) is 0 Å². The lowest BCUT2D eigenvalue weighted by atomic mass is 9.95. The van der Waals surface area contributed by atoms with Gasteiger partial charge in [-0.05, 0) is 43.5 Å². The molecule has 1 N–H and O–H groups in total. The number of nitrogens with one attached hydrogen (secondary N) is 1. The molecule has 2 saturated heterocycles. The molecule has 3 atom stereocenters. The van der Waals surface area contributed by atoms with Gasteiger partial charge in [0.05, 0.1) is 11.6 Å². The van der Waals surface area contributed by atoms with E-state index in [4.69, 9.17) is 0 Å². The maximum absolute atomic E-state index is 4.64. The minimum absolute atomic E-state index is 0.542. The van der Waals surface area contributed by atoms with Gasteiger partial charge >= 0.3 is 0 Å². The lowest BCUT2D eigenvalue weighted by Gasteiger charge is -2.23. The van der Waals surface area contributed by atoms with Crippen molar-refractivity contribution >= 4 is 10.9 Å². The molecule has 4 heteroatoms. The first-order valence-electron chi connectivity index (χ1n) is 8.02. The number of imidazole rings is 1. The number of hydrogen-bond acceptors (Lipinski definition) is 3.